The molecule has 0 aromatic heterocycles. The predicted octanol–water partition coefficient (Wildman–Crippen LogP) is 0.766. The highest BCUT2D eigenvalue weighted by molar-refractivity contribution is 5.89. The molecule has 19 heavy (non-hydrogen) atoms. The zero-order valence-corrected chi connectivity index (χ0v) is 13.0. The maximum atomic E-state index is 12.1. The number of hydrogen-bond acceptors (Lipinski definition) is 3. The van der Waals surface area contributed by atoms with Crippen LogP contribution in [0.15, 0.2) is 0 Å². The van der Waals surface area contributed by atoms with Crippen LogP contribution in [0.3, 0.4) is 0 Å². The highest BCUT2D eigenvalue weighted by Crippen LogP contribution is 2.20. The Morgan fingerprint density at radius 2 is 2.16 bits per heavy atom. The van der Waals surface area contributed by atoms with Gasteiger partial charge in [-0.1, -0.05) is 13.8 Å². The van der Waals surface area contributed by atoms with Crippen molar-refractivity contribution in [2.45, 2.75) is 39.2 Å². The van der Waals surface area contributed by atoms with Crippen molar-refractivity contribution in [1.29, 1.82) is 0 Å². The minimum atomic E-state index is -0.380. The van der Waals surface area contributed by atoms with Crippen molar-refractivity contribution >= 4 is 24.2 Å². The molecule has 0 spiro atoms. The van der Waals surface area contributed by atoms with Crippen LogP contribution in [0, 0.1) is 11.8 Å². The van der Waals surface area contributed by atoms with Gasteiger partial charge in [0.25, 0.3) is 0 Å². The first-order valence-electron chi connectivity index (χ1n) is 6.53. The molecule has 1 saturated heterocycles. The third-order valence-corrected chi connectivity index (χ3v) is 3.45. The molecule has 3 N–H and O–H groups in total. The van der Waals surface area contributed by atoms with E-state index in [1.54, 1.807) is 11.9 Å². The smallest absolute Gasteiger partial charge is 0.225 e. The first-order valence-corrected chi connectivity index (χ1v) is 6.53. The molecule has 1 rings (SSSR count). The normalized spacial score (nSPS) is 22.1. The van der Waals surface area contributed by atoms with E-state index in [-0.39, 0.29) is 35.7 Å². The molecule has 1 heterocycles. The van der Waals surface area contributed by atoms with Crippen LogP contribution in [0.25, 0.3) is 0 Å². The highest BCUT2D eigenvalue weighted by Gasteiger charge is 2.35. The Balaban J connectivity index is 0.00000324. The summed E-state index contributed by atoms with van der Waals surface area (Å²) in [7, 11) is 1.73. The summed E-state index contributed by atoms with van der Waals surface area (Å²) in [5.41, 5.74) is 5.39. The van der Waals surface area contributed by atoms with E-state index in [1.807, 2.05) is 6.92 Å². The highest BCUT2D eigenvalue weighted by atomic mass is 35.5. The van der Waals surface area contributed by atoms with Crippen molar-refractivity contribution in [2.75, 3.05) is 20.1 Å². The first-order chi connectivity index (χ1) is 8.27. The number of hydrogen-bond donors (Lipinski definition) is 2. The van der Waals surface area contributed by atoms with Crippen LogP contribution in [0.1, 0.15) is 33.6 Å². The molecule has 2 atom stereocenters. The molecule has 5 nitrogen and oxygen atoms in total. The van der Waals surface area contributed by atoms with E-state index in [0.717, 1.165) is 6.42 Å². The van der Waals surface area contributed by atoms with Crippen LogP contribution in [0.4, 0.5) is 0 Å². The van der Waals surface area contributed by atoms with E-state index in [1.165, 1.54) is 0 Å². The van der Waals surface area contributed by atoms with E-state index in [9.17, 15) is 9.59 Å². The van der Waals surface area contributed by atoms with Gasteiger partial charge in [-0.3, -0.25) is 9.59 Å². The molecule has 1 aliphatic heterocycles. The number of nitrogens with two attached hydrogens (primary N) is 1. The van der Waals surface area contributed by atoms with E-state index in [4.69, 9.17) is 5.73 Å². The summed E-state index contributed by atoms with van der Waals surface area (Å²) in [5.74, 6) is 0.210. The molecule has 0 aromatic carbocycles. The van der Waals surface area contributed by atoms with Crippen molar-refractivity contribution in [1.82, 2.24) is 10.2 Å². The molecule has 0 aliphatic carbocycles. The van der Waals surface area contributed by atoms with Crippen molar-refractivity contribution in [3.05, 3.63) is 0 Å². The fourth-order valence-electron chi connectivity index (χ4n) is 2.53. The summed E-state index contributed by atoms with van der Waals surface area (Å²) < 4.78 is 0. The lowest BCUT2D eigenvalue weighted by Gasteiger charge is -2.32. The molecule has 2 unspecified atom stereocenters. The summed E-state index contributed by atoms with van der Waals surface area (Å²) in [6.45, 7) is 7.09. The molecule has 0 saturated carbocycles. The Bertz CT molecular complexity index is 336. The SMILES string of the molecule is CC(C)CC(C)(CN)NC(=O)C1CC(=O)N(C)C1.Cl. The van der Waals surface area contributed by atoms with E-state index in [0.29, 0.717) is 25.4 Å². The van der Waals surface area contributed by atoms with Gasteiger partial charge in [-0.25, -0.2) is 0 Å². The molecule has 1 aliphatic rings. The molecule has 0 radical (unpaired) electrons. The number of likely N-dealkylation sites (tertiary alicyclic amines) is 1. The largest absolute Gasteiger partial charge is 0.349 e. The average Bonchev–Trinajstić information content (AvgIpc) is 2.58. The summed E-state index contributed by atoms with van der Waals surface area (Å²) in [4.78, 5) is 25.2. The third kappa shape index (κ3) is 4.99. The Kier molecular flexibility index (Phi) is 6.80. The first kappa shape index (κ1) is 18.2. The number of amides is 2. The van der Waals surface area contributed by atoms with Gasteiger partial charge in [0.2, 0.25) is 11.8 Å². The van der Waals surface area contributed by atoms with Gasteiger partial charge in [0.15, 0.2) is 0 Å². The molecule has 0 aromatic rings. The number of carbonyl (C=O) groups is 2. The fraction of sp³-hybridized carbons (Fsp3) is 0.846. The summed E-state index contributed by atoms with van der Waals surface area (Å²) in [5, 5.41) is 3.01. The van der Waals surface area contributed by atoms with Crippen molar-refractivity contribution < 1.29 is 9.59 Å². The minimum Gasteiger partial charge on any atom is -0.349 e. The predicted molar refractivity (Wildman–Crippen MR) is 78.0 cm³/mol. The second-order valence-electron chi connectivity index (χ2n) is 6.03. The number of carbonyl (C=O) groups excluding carboxylic acids is 2. The standard InChI is InChI=1S/C13H25N3O2.ClH/c1-9(2)6-13(3,8-14)15-12(18)10-5-11(17)16(4)7-10;/h9-10H,5-8,14H2,1-4H3,(H,15,18);1H. The van der Waals surface area contributed by atoms with Crippen molar-refractivity contribution in [3.8, 4) is 0 Å². The molecule has 2 amide bonds. The van der Waals surface area contributed by atoms with Crippen LogP contribution in [-0.4, -0.2) is 42.4 Å². The van der Waals surface area contributed by atoms with E-state index >= 15 is 0 Å². The van der Waals surface area contributed by atoms with Crippen molar-refractivity contribution in [2.24, 2.45) is 17.6 Å². The van der Waals surface area contributed by atoms with Gasteiger partial charge in [0, 0.05) is 32.1 Å². The lowest BCUT2D eigenvalue weighted by atomic mass is 9.90. The van der Waals surface area contributed by atoms with Crippen LogP contribution >= 0.6 is 12.4 Å². The van der Waals surface area contributed by atoms with Crippen molar-refractivity contribution in [3.63, 3.8) is 0 Å². The van der Waals surface area contributed by atoms with Gasteiger partial charge >= 0.3 is 0 Å². The number of rotatable bonds is 5. The lowest BCUT2D eigenvalue weighted by Crippen LogP contribution is -2.54. The Hall–Kier alpha value is -0.810. The molecule has 6 heteroatoms. The van der Waals surface area contributed by atoms with Gasteiger partial charge in [-0.05, 0) is 19.3 Å². The molecule has 0 bridgehead atoms. The van der Waals surface area contributed by atoms with E-state index in [2.05, 4.69) is 19.2 Å². The Labute approximate surface area is 121 Å². The average molecular weight is 292 g/mol. The maximum Gasteiger partial charge on any atom is 0.225 e. The molecule has 1 fully saturated rings. The molecular formula is C13H26ClN3O2. The van der Waals surface area contributed by atoms with Crippen LogP contribution < -0.4 is 11.1 Å². The van der Waals surface area contributed by atoms with Gasteiger partial charge < -0.3 is 16.0 Å². The van der Waals surface area contributed by atoms with Crippen LogP contribution in [0.5, 0.6) is 0 Å². The lowest BCUT2D eigenvalue weighted by molar-refractivity contribution is -0.129. The Morgan fingerprint density at radius 1 is 1.58 bits per heavy atom. The third-order valence-electron chi connectivity index (χ3n) is 3.45. The quantitative estimate of drug-likeness (QED) is 0.785. The second kappa shape index (κ2) is 7.10. The monoisotopic (exact) mass is 291 g/mol. The zero-order valence-electron chi connectivity index (χ0n) is 12.2. The summed E-state index contributed by atoms with van der Waals surface area (Å²) in [6, 6.07) is 0. The minimum absolute atomic E-state index is 0. The zero-order chi connectivity index (χ0) is 13.9. The number of nitrogens with one attached hydrogen (secondary N) is 1. The summed E-state index contributed by atoms with van der Waals surface area (Å²) >= 11 is 0. The summed E-state index contributed by atoms with van der Waals surface area (Å²) in [6.07, 6.45) is 1.15. The molecular weight excluding hydrogens is 266 g/mol. The van der Waals surface area contributed by atoms with Gasteiger partial charge in [-0.2, -0.15) is 0 Å². The van der Waals surface area contributed by atoms with Gasteiger partial charge in [0.05, 0.1) is 5.92 Å². The van der Waals surface area contributed by atoms with Crippen LogP contribution in [-0.2, 0) is 9.59 Å². The van der Waals surface area contributed by atoms with Gasteiger partial charge in [0.1, 0.15) is 0 Å². The number of nitrogens with zero attached hydrogens (tertiary/aromatic N) is 1. The van der Waals surface area contributed by atoms with Crippen LogP contribution in [0.2, 0.25) is 0 Å². The fourth-order valence-corrected chi connectivity index (χ4v) is 2.53. The van der Waals surface area contributed by atoms with Gasteiger partial charge in [-0.15, -0.1) is 12.4 Å². The second-order valence-corrected chi connectivity index (χ2v) is 6.03. The number of halogens is 1. The Morgan fingerprint density at radius 3 is 2.53 bits per heavy atom. The topological polar surface area (TPSA) is 75.4 Å². The molecule has 112 valence electrons. The van der Waals surface area contributed by atoms with E-state index < -0.39 is 0 Å². The maximum absolute atomic E-state index is 12.1.